The predicted molar refractivity (Wildman–Crippen MR) is 99.3 cm³/mol. The molecular weight excluding hydrogens is 456 g/mol. The summed E-state index contributed by atoms with van der Waals surface area (Å²) in [5.41, 5.74) is 8.38. The van der Waals surface area contributed by atoms with E-state index in [1.807, 2.05) is 0 Å². The van der Waals surface area contributed by atoms with Crippen LogP contribution in [-0.4, -0.2) is 58.1 Å². The van der Waals surface area contributed by atoms with Crippen molar-refractivity contribution in [2.24, 2.45) is 5.11 Å². The summed E-state index contributed by atoms with van der Waals surface area (Å²) in [4.78, 5) is 25.4. The summed E-state index contributed by atoms with van der Waals surface area (Å²) < 4.78 is 72.0. The van der Waals surface area contributed by atoms with E-state index in [2.05, 4.69) is 20.3 Å². The molecule has 2 heterocycles. The lowest BCUT2D eigenvalue weighted by Crippen LogP contribution is -2.55. The van der Waals surface area contributed by atoms with Crippen molar-refractivity contribution in [2.75, 3.05) is 6.61 Å². The number of azide groups is 1. The van der Waals surface area contributed by atoms with E-state index in [-0.39, 0.29) is 11.3 Å². The van der Waals surface area contributed by atoms with E-state index in [1.165, 1.54) is 0 Å². The van der Waals surface area contributed by atoms with Crippen LogP contribution in [0.5, 0.6) is 0 Å². The first-order valence-electron chi connectivity index (χ1n) is 9.33. The van der Waals surface area contributed by atoms with E-state index in [1.54, 1.807) is 0 Å². The zero-order valence-corrected chi connectivity index (χ0v) is 17.1. The van der Waals surface area contributed by atoms with Gasteiger partial charge in [-0.2, -0.15) is 0 Å². The highest BCUT2D eigenvalue weighted by molar-refractivity contribution is 5.66. The number of hydrogen-bond donors (Lipinski definition) is 0. The molecular formula is C18H16F4N6O5. The fourth-order valence-electron chi connectivity index (χ4n) is 3.27. The van der Waals surface area contributed by atoms with E-state index in [0.717, 1.165) is 24.7 Å². The van der Waals surface area contributed by atoms with E-state index < -0.39 is 66.6 Å². The van der Waals surface area contributed by atoms with Crippen molar-refractivity contribution < 1.29 is 41.4 Å². The number of carbonyl (C=O) groups is 2. The van der Waals surface area contributed by atoms with Crippen LogP contribution in [-0.2, 0) is 23.8 Å². The number of hydrogen-bond acceptors (Lipinski definition) is 8. The zero-order valence-electron chi connectivity index (χ0n) is 17.1. The van der Waals surface area contributed by atoms with Crippen molar-refractivity contribution >= 4 is 11.9 Å². The monoisotopic (exact) mass is 472 g/mol. The van der Waals surface area contributed by atoms with Gasteiger partial charge in [0.25, 0.3) is 0 Å². The zero-order chi connectivity index (χ0) is 24.3. The highest BCUT2D eigenvalue weighted by Gasteiger charge is 2.50. The smallest absolute Gasteiger partial charge is 0.303 e. The number of rotatable bonds is 6. The second kappa shape index (κ2) is 9.83. The summed E-state index contributed by atoms with van der Waals surface area (Å²) in [5.74, 6) is -6.17. The van der Waals surface area contributed by atoms with Gasteiger partial charge in [0, 0.05) is 24.3 Å². The molecule has 0 amide bonds. The number of nitrogens with zero attached hydrogens (tertiary/aromatic N) is 6. The van der Waals surface area contributed by atoms with Gasteiger partial charge in [-0.05, 0) is 17.7 Å². The maximum Gasteiger partial charge on any atom is 0.303 e. The Balaban J connectivity index is 2.03. The summed E-state index contributed by atoms with van der Waals surface area (Å²) in [6, 6.07) is -0.172. The Hall–Kier alpha value is -3.71. The van der Waals surface area contributed by atoms with Crippen LogP contribution in [0.25, 0.3) is 21.7 Å². The van der Waals surface area contributed by atoms with Crippen molar-refractivity contribution in [2.45, 2.75) is 44.5 Å². The second-order valence-corrected chi connectivity index (χ2v) is 6.92. The maximum atomic E-state index is 15.3. The highest BCUT2D eigenvalue weighted by Crippen LogP contribution is 2.36. The largest absolute Gasteiger partial charge is 0.463 e. The third-order valence-electron chi connectivity index (χ3n) is 4.63. The number of alkyl halides is 1. The number of esters is 2. The minimum absolute atomic E-state index is 0.162. The molecule has 5 atom stereocenters. The van der Waals surface area contributed by atoms with Gasteiger partial charge in [0.2, 0.25) is 0 Å². The fourth-order valence-corrected chi connectivity index (χ4v) is 3.27. The Morgan fingerprint density at radius 2 is 1.91 bits per heavy atom. The SMILES string of the molecule is CC(=O)OC[C@H]1O[C@@H](N=[N+]=[N-])[C@H](F)[C@@H](n2cc(-c3cc(F)c(F)c(F)c3)nn2)[C@H]1OC(C)=O. The lowest BCUT2D eigenvalue weighted by atomic mass is 9.96. The van der Waals surface area contributed by atoms with Crippen molar-refractivity contribution in [3.63, 3.8) is 0 Å². The van der Waals surface area contributed by atoms with Gasteiger partial charge in [0.05, 0.1) is 6.20 Å². The minimum Gasteiger partial charge on any atom is -0.463 e. The van der Waals surface area contributed by atoms with E-state index in [4.69, 9.17) is 19.7 Å². The normalized spacial score (nSPS) is 24.6. The first-order chi connectivity index (χ1) is 15.6. The van der Waals surface area contributed by atoms with Crippen molar-refractivity contribution in [1.29, 1.82) is 0 Å². The molecule has 1 saturated heterocycles. The number of benzene rings is 1. The fraction of sp³-hybridized carbons (Fsp3) is 0.444. The van der Waals surface area contributed by atoms with E-state index in [9.17, 15) is 22.8 Å². The summed E-state index contributed by atoms with van der Waals surface area (Å²) in [6.07, 6.45) is -5.48. The predicted octanol–water partition coefficient (Wildman–Crippen LogP) is 2.77. The van der Waals surface area contributed by atoms with Crippen LogP contribution in [0, 0.1) is 17.5 Å². The molecule has 2 aromatic rings. The van der Waals surface area contributed by atoms with Crippen LogP contribution in [0.2, 0.25) is 0 Å². The van der Waals surface area contributed by atoms with E-state index >= 15 is 4.39 Å². The molecule has 1 aromatic carbocycles. The number of halogens is 4. The second-order valence-electron chi connectivity index (χ2n) is 6.92. The quantitative estimate of drug-likeness (QED) is 0.157. The molecule has 0 spiro atoms. The van der Waals surface area contributed by atoms with Crippen molar-refractivity contribution in [3.05, 3.63) is 46.2 Å². The Labute approximate surface area is 182 Å². The number of aromatic nitrogens is 3. The molecule has 1 fully saturated rings. The molecule has 0 radical (unpaired) electrons. The number of carbonyl (C=O) groups excluding carboxylic acids is 2. The lowest BCUT2D eigenvalue weighted by molar-refractivity contribution is -0.208. The molecule has 1 aromatic heterocycles. The van der Waals surface area contributed by atoms with E-state index in [0.29, 0.717) is 12.1 Å². The molecule has 0 saturated carbocycles. The van der Waals surface area contributed by atoms with Gasteiger partial charge in [0.15, 0.2) is 36.0 Å². The summed E-state index contributed by atoms with van der Waals surface area (Å²) in [5, 5.41) is 10.7. The molecule has 15 heteroatoms. The van der Waals surface area contributed by atoms with Crippen LogP contribution in [0.15, 0.2) is 23.4 Å². The Bertz CT molecular complexity index is 1080. The average Bonchev–Trinajstić information content (AvgIpc) is 3.22. The molecule has 3 rings (SSSR count). The Morgan fingerprint density at radius 1 is 1.24 bits per heavy atom. The van der Waals surface area contributed by atoms with Gasteiger partial charge in [0.1, 0.15) is 24.4 Å². The topological polar surface area (TPSA) is 141 Å². The third kappa shape index (κ3) is 5.21. The Morgan fingerprint density at radius 3 is 2.48 bits per heavy atom. The lowest BCUT2D eigenvalue weighted by Gasteiger charge is -2.41. The molecule has 1 aliphatic heterocycles. The van der Waals surface area contributed by atoms with Crippen LogP contribution < -0.4 is 0 Å². The minimum atomic E-state index is -2.13. The molecule has 0 bridgehead atoms. The molecule has 176 valence electrons. The standard InChI is InChI=1S/C18H16F4N6O5/c1-7(29)31-6-13-17(32-8(2)30)16(15(22)18(33-13)25-26-23)28-5-12(24-27-28)9-3-10(19)14(21)11(20)4-9/h3-5,13,15-18H,6H2,1-2H3/t13-,15-,16-,17+,18-/m1/s1. The molecule has 33 heavy (non-hydrogen) atoms. The van der Waals surface area contributed by atoms with Crippen molar-refractivity contribution in [1.82, 2.24) is 15.0 Å². The summed E-state index contributed by atoms with van der Waals surface area (Å²) in [7, 11) is 0. The molecule has 11 nitrogen and oxygen atoms in total. The maximum absolute atomic E-state index is 15.3. The van der Waals surface area contributed by atoms with Crippen LogP contribution in [0.4, 0.5) is 17.6 Å². The van der Waals surface area contributed by atoms with Crippen LogP contribution in [0.3, 0.4) is 0 Å². The van der Waals surface area contributed by atoms with Gasteiger partial charge in [-0.1, -0.05) is 10.3 Å². The van der Waals surface area contributed by atoms with Gasteiger partial charge < -0.3 is 14.2 Å². The molecule has 0 N–H and O–H groups in total. The molecule has 1 aliphatic rings. The summed E-state index contributed by atoms with van der Waals surface area (Å²) in [6.45, 7) is 1.67. The first kappa shape index (κ1) is 23.9. The third-order valence-corrected chi connectivity index (χ3v) is 4.63. The van der Waals surface area contributed by atoms with Crippen LogP contribution >= 0.6 is 0 Å². The highest BCUT2D eigenvalue weighted by atomic mass is 19.2. The summed E-state index contributed by atoms with van der Waals surface area (Å²) >= 11 is 0. The number of ether oxygens (including phenoxy) is 3. The van der Waals surface area contributed by atoms with Gasteiger partial charge in [-0.3, -0.25) is 9.59 Å². The molecule has 0 aliphatic carbocycles. The van der Waals surface area contributed by atoms with Gasteiger partial charge in [-0.15, -0.1) is 5.10 Å². The first-order valence-corrected chi connectivity index (χ1v) is 9.33. The van der Waals surface area contributed by atoms with Crippen LogP contribution in [0.1, 0.15) is 19.9 Å². The molecule has 0 unspecified atom stereocenters. The van der Waals surface area contributed by atoms with Gasteiger partial charge >= 0.3 is 11.9 Å². The van der Waals surface area contributed by atoms with Crippen molar-refractivity contribution in [3.8, 4) is 11.3 Å². The average molecular weight is 472 g/mol. The Kier molecular flexibility index (Phi) is 7.13. The van der Waals surface area contributed by atoms with Gasteiger partial charge in [-0.25, -0.2) is 22.2 Å².